The molecule has 0 aromatic heterocycles. The van der Waals surface area contributed by atoms with E-state index in [2.05, 4.69) is 0 Å². The fourth-order valence-electron chi connectivity index (χ4n) is 3.88. The number of rotatable bonds is 7. The Morgan fingerprint density at radius 3 is 2.32 bits per heavy atom. The van der Waals surface area contributed by atoms with Crippen LogP contribution in [-0.2, 0) is 14.2 Å². The van der Waals surface area contributed by atoms with Crippen molar-refractivity contribution in [3.8, 4) is 0 Å². The predicted molar refractivity (Wildman–Crippen MR) is 96.0 cm³/mol. The van der Waals surface area contributed by atoms with Crippen LogP contribution < -0.4 is 5.73 Å². The topological polar surface area (TPSA) is 110 Å². The molecule has 140 valence electrons. The van der Waals surface area contributed by atoms with Gasteiger partial charge in [0, 0.05) is 18.7 Å². The van der Waals surface area contributed by atoms with E-state index in [1.807, 2.05) is 12.2 Å². The lowest BCUT2D eigenvalue weighted by Gasteiger charge is -2.28. The third-order valence-electron chi connectivity index (χ3n) is 5.45. The zero-order chi connectivity index (χ0) is 18.2. The number of allylic oxidation sites excluding steroid dienone is 1. The van der Waals surface area contributed by atoms with Gasteiger partial charge in [0.15, 0.2) is 0 Å². The number of Topliss-reactive ketones (excluding diaryl/α,β-unsaturated/α-hetero) is 1. The molecule has 1 aliphatic carbocycles. The van der Waals surface area contributed by atoms with Gasteiger partial charge in [-0.3, -0.25) is 9.59 Å². The van der Waals surface area contributed by atoms with Crippen molar-refractivity contribution >= 4 is 18.9 Å². The van der Waals surface area contributed by atoms with E-state index in [0.717, 1.165) is 32.2 Å². The smallest absolute Gasteiger partial charge is 0.458 e. The summed E-state index contributed by atoms with van der Waals surface area (Å²) in [7, 11) is -1.09. The predicted octanol–water partition coefficient (Wildman–Crippen LogP) is 2.16. The van der Waals surface area contributed by atoms with Crippen LogP contribution in [0.5, 0.6) is 0 Å². The van der Waals surface area contributed by atoms with E-state index in [1.165, 1.54) is 0 Å². The minimum atomic E-state index is -1.09. The molecule has 2 aliphatic rings. The lowest BCUT2D eigenvalue weighted by molar-refractivity contribution is -0.139. The van der Waals surface area contributed by atoms with Gasteiger partial charge in [0.05, 0.1) is 12.5 Å². The molecule has 2 rings (SSSR count). The van der Waals surface area contributed by atoms with E-state index < -0.39 is 19.2 Å². The van der Waals surface area contributed by atoms with E-state index in [0.29, 0.717) is 31.1 Å². The summed E-state index contributed by atoms with van der Waals surface area (Å²) in [6.45, 7) is 0.732. The van der Waals surface area contributed by atoms with Gasteiger partial charge in [0.25, 0.3) is 0 Å². The highest BCUT2D eigenvalue weighted by atomic mass is 16.5. The number of carboxylic acid groups (broad SMARTS) is 1. The number of hydrogen-bond donors (Lipinski definition) is 3. The molecule has 0 amide bonds. The third kappa shape index (κ3) is 6.92. The van der Waals surface area contributed by atoms with Crippen molar-refractivity contribution < 1.29 is 24.4 Å². The Balaban J connectivity index is 1.81. The van der Waals surface area contributed by atoms with Crippen LogP contribution in [0.15, 0.2) is 12.2 Å². The Morgan fingerprint density at radius 2 is 1.68 bits per heavy atom. The molecular formula is C18H30BNO5. The Hall–Kier alpha value is -1.18. The minimum Gasteiger partial charge on any atom is -0.481 e. The molecule has 2 atom stereocenters. The second-order valence-electron chi connectivity index (χ2n) is 7.52. The number of ketones is 1. The van der Waals surface area contributed by atoms with Gasteiger partial charge in [-0.15, -0.1) is 0 Å². The quantitative estimate of drug-likeness (QED) is 0.479. The Morgan fingerprint density at radius 1 is 1.04 bits per heavy atom. The maximum atomic E-state index is 12.4. The van der Waals surface area contributed by atoms with Gasteiger partial charge in [-0.05, 0) is 56.9 Å². The average Bonchev–Trinajstić information content (AvgIpc) is 2.56. The molecule has 0 spiro atoms. The fraction of sp³-hybridized carbons (Fsp3) is 0.778. The fourth-order valence-corrected chi connectivity index (χ4v) is 3.88. The van der Waals surface area contributed by atoms with E-state index in [1.54, 1.807) is 0 Å². The summed E-state index contributed by atoms with van der Waals surface area (Å²) in [6, 6.07) is 0. The first-order chi connectivity index (χ1) is 12.0. The van der Waals surface area contributed by atoms with Crippen LogP contribution >= 0.6 is 0 Å². The van der Waals surface area contributed by atoms with Crippen molar-refractivity contribution in [2.75, 3.05) is 6.54 Å². The summed E-state index contributed by atoms with van der Waals surface area (Å²) in [4.78, 5) is 23.3. The first-order valence-electron chi connectivity index (χ1n) is 9.40. The second-order valence-corrected chi connectivity index (χ2v) is 7.52. The van der Waals surface area contributed by atoms with Gasteiger partial charge in [-0.1, -0.05) is 12.2 Å². The molecule has 0 bridgehead atoms. The lowest BCUT2D eigenvalue weighted by Crippen LogP contribution is -2.34. The maximum Gasteiger partial charge on any atom is 0.458 e. The second kappa shape index (κ2) is 10.1. The molecule has 7 heteroatoms. The molecule has 0 aromatic rings. The zero-order valence-corrected chi connectivity index (χ0v) is 14.8. The highest BCUT2D eigenvalue weighted by Crippen LogP contribution is 2.32. The number of carbonyl (C=O) groups excluding carboxylic acids is 1. The SMILES string of the molecule is NCC1CCC(CC(=O)C[C@H]2C/C=C\C[C@@H](CC(=O)O)OB2O)CC1. The number of carboxylic acids is 1. The molecule has 0 aromatic carbocycles. The Bertz CT molecular complexity index is 476. The van der Waals surface area contributed by atoms with Gasteiger partial charge in [0.2, 0.25) is 0 Å². The van der Waals surface area contributed by atoms with Gasteiger partial charge in [-0.25, -0.2) is 0 Å². The van der Waals surface area contributed by atoms with Crippen LogP contribution in [0.2, 0.25) is 5.82 Å². The Kier molecular flexibility index (Phi) is 8.13. The molecule has 1 heterocycles. The van der Waals surface area contributed by atoms with E-state index in [4.69, 9.17) is 15.5 Å². The number of nitrogens with two attached hydrogens (primary N) is 1. The van der Waals surface area contributed by atoms with Crippen LogP contribution in [0.4, 0.5) is 0 Å². The summed E-state index contributed by atoms with van der Waals surface area (Å²) in [5.74, 6) is -0.0686. The molecule has 4 N–H and O–H groups in total. The first kappa shape index (κ1) is 20.1. The van der Waals surface area contributed by atoms with Gasteiger partial charge >= 0.3 is 13.1 Å². The van der Waals surface area contributed by atoms with Crippen molar-refractivity contribution in [3.63, 3.8) is 0 Å². The van der Waals surface area contributed by atoms with Crippen molar-refractivity contribution in [2.24, 2.45) is 17.6 Å². The number of hydrogen-bond acceptors (Lipinski definition) is 5. The Labute approximate surface area is 149 Å². The van der Waals surface area contributed by atoms with E-state index in [-0.39, 0.29) is 24.4 Å². The van der Waals surface area contributed by atoms with Crippen molar-refractivity contribution in [1.82, 2.24) is 0 Å². The summed E-state index contributed by atoms with van der Waals surface area (Å²) in [5, 5.41) is 19.2. The van der Waals surface area contributed by atoms with Crippen LogP contribution in [0.25, 0.3) is 0 Å². The highest BCUT2D eigenvalue weighted by Gasteiger charge is 2.33. The molecule has 25 heavy (non-hydrogen) atoms. The van der Waals surface area contributed by atoms with Crippen LogP contribution in [0.3, 0.4) is 0 Å². The van der Waals surface area contributed by atoms with Gasteiger partial charge in [0.1, 0.15) is 5.78 Å². The van der Waals surface area contributed by atoms with E-state index >= 15 is 0 Å². The summed E-state index contributed by atoms with van der Waals surface area (Å²) in [5.41, 5.74) is 5.71. The van der Waals surface area contributed by atoms with Crippen molar-refractivity contribution in [3.05, 3.63) is 12.2 Å². The molecule has 0 radical (unpaired) electrons. The maximum absolute atomic E-state index is 12.4. The molecular weight excluding hydrogens is 321 g/mol. The molecule has 6 nitrogen and oxygen atoms in total. The van der Waals surface area contributed by atoms with Gasteiger partial charge < -0.3 is 20.5 Å². The highest BCUT2D eigenvalue weighted by molar-refractivity contribution is 6.45. The van der Waals surface area contributed by atoms with Crippen molar-refractivity contribution in [2.45, 2.75) is 69.7 Å². The molecule has 0 unspecified atom stereocenters. The van der Waals surface area contributed by atoms with Crippen LogP contribution in [0.1, 0.15) is 57.8 Å². The number of aliphatic carboxylic acids is 1. The molecule has 1 aliphatic heterocycles. The normalized spacial score (nSPS) is 31.8. The summed E-state index contributed by atoms with van der Waals surface area (Å²) in [6.07, 6.45) is 9.30. The minimum absolute atomic E-state index is 0.146. The summed E-state index contributed by atoms with van der Waals surface area (Å²) >= 11 is 0. The van der Waals surface area contributed by atoms with Crippen LogP contribution in [-0.4, -0.2) is 41.7 Å². The average molecular weight is 351 g/mol. The first-order valence-corrected chi connectivity index (χ1v) is 9.40. The van der Waals surface area contributed by atoms with E-state index in [9.17, 15) is 14.6 Å². The standard InChI is InChI=1S/C18H30BNO5/c20-12-14-7-5-13(6-8-14)9-16(21)10-15-3-1-2-4-17(11-18(22)23)25-19(15)24/h1-2,13-15,17,24H,3-12,20H2,(H,22,23)/b2-1-/t13?,14?,15-,17+/m1/s1. The number of carbonyl (C=O) groups is 2. The van der Waals surface area contributed by atoms with Crippen molar-refractivity contribution in [1.29, 1.82) is 0 Å². The molecule has 1 fully saturated rings. The third-order valence-corrected chi connectivity index (χ3v) is 5.45. The monoisotopic (exact) mass is 351 g/mol. The van der Waals surface area contributed by atoms with Gasteiger partial charge in [-0.2, -0.15) is 0 Å². The zero-order valence-electron chi connectivity index (χ0n) is 14.8. The lowest BCUT2D eigenvalue weighted by atomic mass is 9.66. The largest absolute Gasteiger partial charge is 0.481 e. The van der Waals surface area contributed by atoms with Crippen LogP contribution in [0, 0.1) is 11.8 Å². The molecule has 1 saturated carbocycles. The summed E-state index contributed by atoms with van der Waals surface area (Å²) < 4.78 is 5.49. The molecule has 0 saturated heterocycles.